The van der Waals surface area contributed by atoms with Gasteiger partial charge in [-0.05, 0) is 130 Å². The summed E-state index contributed by atoms with van der Waals surface area (Å²) in [5.41, 5.74) is 9.35. The summed E-state index contributed by atoms with van der Waals surface area (Å²) in [6.45, 7) is 8.22. The number of carbonyl (C=O) groups is 2. The van der Waals surface area contributed by atoms with E-state index in [1.807, 2.05) is 16.9 Å². The van der Waals surface area contributed by atoms with Crippen LogP contribution in [-0.2, 0) is 37.2 Å². The van der Waals surface area contributed by atoms with E-state index in [4.69, 9.17) is 9.72 Å². The number of hydrogen-bond donors (Lipinski definition) is 3. The molecule has 2 saturated heterocycles. The van der Waals surface area contributed by atoms with Gasteiger partial charge in [-0.2, -0.15) is 5.10 Å². The average Bonchev–Trinajstić information content (AvgIpc) is 3.87. The molecular weight excluding hydrogens is 711 g/mol. The Kier molecular flexibility index (Phi) is 12.0. The predicted molar refractivity (Wildman–Crippen MR) is 226 cm³/mol. The number of nitrogens with one attached hydrogen (secondary N) is 3. The summed E-state index contributed by atoms with van der Waals surface area (Å²) in [5, 5.41) is 15.5. The van der Waals surface area contributed by atoms with Crippen LogP contribution in [0.2, 0.25) is 0 Å². The Hall–Kier alpha value is -5.06. The molecule has 3 N–H and O–H groups in total. The van der Waals surface area contributed by atoms with Crippen molar-refractivity contribution in [3.63, 3.8) is 0 Å². The van der Waals surface area contributed by atoms with Crippen LogP contribution >= 0.6 is 0 Å². The fourth-order valence-corrected chi connectivity index (χ4v) is 9.53. The highest BCUT2D eigenvalue weighted by atomic mass is 16.5. The molecule has 8 rings (SSSR count). The van der Waals surface area contributed by atoms with Gasteiger partial charge in [-0.1, -0.05) is 55.5 Å². The van der Waals surface area contributed by atoms with E-state index in [0.29, 0.717) is 30.6 Å². The number of carbonyl (C=O) groups excluding carboxylic acids is 2. The van der Waals surface area contributed by atoms with Gasteiger partial charge in [0.1, 0.15) is 0 Å². The monoisotopic (exact) mass is 767 g/mol. The highest BCUT2D eigenvalue weighted by Crippen LogP contribution is 2.41. The minimum atomic E-state index is -0.248. The van der Waals surface area contributed by atoms with Crippen molar-refractivity contribution in [3.05, 3.63) is 113 Å². The number of likely N-dealkylation sites (tertiary alicyclic amines) is 1. The lowest BCUT2D eigenvalue weighted by molar-refractivity contribution is 0.0904. The highest BCUT2D eigenvalue weighted by Gasteiger charge is 2.38. The first kappa shape index (κ1) is 38.8. The molecule has 10 nitrogen and oxygen atoms in total. The molecular formula is C47H57N7O3. The van der Waals surface area contributed by atoms with E-state index < -0.39 is 0 Å². The normalized spacial score (nSPS) is 20.0. The number of ether oxygens (including phenoxy) is 1. The van der Waals surface area contributed by atoms with Crippen molar-refractivity contribution >= 4 is 28.5 Å². The Labute approximate surface area is 336 Å². The van der Waals surface area contributed by atoms with E-state index >= 15 is 0 Å². The highest BCUT2D eigenvalue weighted by molar-refractivity contribution is 6.00. The first-order valence-electron chi connectivity index (χ1n) is 21.1. The molecule has 5 aromatic rings. The van der Waals surface area contributed by atoms with Crippen LogP contribution in [0.4, 0.5) is 5.69 Å². The second-order valence-corrected chi connectivity index (χ2v) is 16.3. The maximum absolute atomic E-state index is 13.6. The third-order valence-electron chi connectivity index (χ3n) is 12.6. The van der Waals surface area contributed by atoms with Crippen molar-refractivity contribution in [2.75, 3.05) is 32.1 Å². The van der Waals surface area contributed by atoms with Crippen LogP contribution < -0.4 is 16.0 Å². The first-order valence-corrected chi connectivity index (χ1v) is 21.1. The number of hydrogen-bond acceptors (Lipinski definition) is 7. The zero-order valence-corrected chi connectivity index (χ0v) is 33.7. The van der Waals surface area contributed by atoms with Gasteiger partial charge in [0.2, 0.25) is 0 Å². The molecule has 1 saturated carbocycles. The summed E-state index contributed by atoms with van der Waals surface area (Å²) < 4.78 is 7.53. The van der Waals surface area contributed by atoms with Gasteiger partial charge in [-0.15, -0.1) is 0 Å². The van der Waals surface area contributed by atoms with Crippen LogP contribution in [0.5, 0.6) is 0 Å². The SMILES string of the molecule is CCc1nc2c(cnn2CC)c(NC2CCOCC2)c1CNC(=O)c1cccc(C(=O)NCc2cccc(-c3cccc(CC4CC5CCCN(C)C5C4)c3)c2)c1. The molecule has 2 aromatic heterocycles. The minimum absolute atomic E-state index is 0.223. The standard InChI is InChI=1S/C47H57N7O3/c1-4-42-40(44(51-39-17-20-57-21-18-39)41-30-50-54(5-2)45(41)52-42)29-49-47(56)38-15-8-14-37(27-38)46(55)48-28-32-11-7-13-35(24-32)34-12-6-10-31(23-34)22-33-25-36-16-9-19-53(3)43(36)26-33/h6-8,10-15,23-24,27,30,33,36,39,43H,4-5,9,16-22,25-26,28-29H2,1-3H3,(H,48,55)(H,49,56)(H,51,52). The van der Waals surface area contributed by atoms with Gasteiger partial charge >= 0.3 is 0 Å². The molecule has 0 bridgehead atoms. The van der Waals surface area contributed by atoms with Crippen LogP contribution in [0.3, 0.4) is 0 Å². The van der Waals surface area contributed by atoms with Gasteiger partial charge in [0, 0.05) is 67.3 Å². The Morgan fingerprint density at radius 2 is 1.54 bits per heavy atom. The summed E-state index contributed by atoms with van der Waals surface area (Å²) in [7, 11) is 2.31. The van der Waals surface area contributed by atoms with Gasteiger partial charge in [0.05, 0.1) is 17.3 Å². The predicted octanol–water partition coefficient (Wildman–Crippen LogP) is 7.79. The molecule has 298 valence electrons. The molecule has 2 amide bonds. The fraction of sp³-hybridized carbons (Fsp3) is 0.447. The summed E-state index contributed by atoms with van der Waals surface area (Å²) >= 11 is 0. The van der Waals surface area contributed by atoms with Crippen LogP contribution in [0.25, 0.3) is 22.2 Å². The molecule has 3 fully saturated rings. The maximum Gasteiger partial charge on any atom is 0.251 e. The molecule has 0 radical (unpaired) electrons. The summed E-state index contributed by atoms with van der Waals surface area (Å²) in [4.78, 5) is 34.7. The zero-order valence-electron chi connectivity index (χ0n) is 33.7. The Bertz CT molecular complexity index is 2210. The number of aryl methyl sites for hydroxylation is 2. The van der Waals surface area contributed by atoms with E-state index in [1.165, 1.54) is 43.4 Å². The summed E-state index contributed by atoms with van der Waals surface area (Å²) in [5.74, 6) is 1.13. The van der Waals surface area contributed by atoms with Crippen molar-refractivity contribution in [2.24, 2.45) is 11.8 Å². The first-order chi connectivity index (χ1) is 27.9. The van der Waals surface area contributed by atoms with E-state index in [1.54, 1.807) is 24.3 Å². The molecule has 0 spiro atoms. The smallest absolute Gasteiger partial charge is 0.251 e. The van der Waals surface area contributed by atoms with Crippen molar-refractivity contribution in [1.29, 1.82) is 0 Å². The number of fused-ring (bicyclic) bond motifs is 2. The van der Waals surface area contributed by atoms with Crippen LogP contribution in [-0.4, -0.2) is 70.4 Å². The van der Waals surface area contributed by atoms with E-state index in [-0.39, 0.29) is 17.9 Å². The molecule has 3 aliphatic rings. The number of anilines is 1. The number of amides is 2. The largest absolute Gasteiger partial charge is 0.381 e. The van der Waals surface area contributed by atoms with Gasteiger partial charge in [0.25, 0.3) is 11.8 Å². The quantitative estimate of drug-likeness (QED) is 0.112. The Morgan fingerprint density at radius 1 is 0.842 bits per heavy atom. The van der Waals surface area contributed by atoms with Crippen molar-refractivity contribution in [3.8, 4) is 11.1 Å². The van der Waals surface area contributed by atoms with Crippen molar-refractivity contribution in [1.82, 2.24) is 30.3 Å². The zero-order chi connectivity index (χ0) is 39.3. The van der Waals surface area contributed by atoms with Gasteiger partial charge < -0.3 is 25.6 Å². The number of nitrogens with zero attached hydrogens (tertiary/aromatic N) is 4. The third kappa shape index (κ3) is 8.77. The van der Waals surface area contributed by atoms with Crippen LogP contribution in [0.15, 0.2) is 79.0 Å². The van der Waals surface area contributed by atoms with E-state index in [0.717, 1.165) is 96.0 Å². The average molecular weight is 768 g/mol. The molecule has 3 unspecified atom stereocenters. The summed E-state index contributed by atoms with van der Waals surface area (Å²) in [6, 6.07) is 25.3. The van der Waals surface area contributed by atoms with Crippen molar-refractivity contribution < 1.29 is 14.3 Å². The van der Waals surface area contributed by atoms with Gasteiger partial charge in [-0.3, -0.25) is 9.59 Å². The van der Waals surface area contributed by atoms with Crippen LogP contribution in [0, 0.1) is 11.8 Å². The topological polar surface area (TPSA) is 113 Å². The third-order valence-corrected chi connectivity index (χ3v) is 12.6. The number of aromatic nitrogens is 3. The molecule has 3 atom stereocenters. The van der Waals surface area contributed by atoms with Gasteiger partial charge in [0.15, 0.2) is 5.65 Å². The fourth-order valence-electron chi connectivity index (χ4n) is 9.53. The molecule has 3 aromatic carbocycles. The molecule has 2 aliphatic heterocycles. The molecule has 10 heteroatoms. The lowest BCUT2D eigenvalue weighted by Gasteiger charge is -2.34. The minimum Gasteiger partial charge on any atom is -0.381 e. The summed E-state index contributed by atoms with van der Waals surface area (Å²) in [6.07, 6.45) is 10.9. The van der Waals surface area contributed by atoms with Crippen LogP contribution in [0.1, 0.15) is 95.5 Å². The Morgan fingerprint density at radius 3 is 2.26 bits per heavy atom. The maximum atomic E-state index is 13.6. The Balaban J connectivity index is 0.906. The number of pyridine rings is 1. The molecule has 57 heavy (non-hydrogen) atoms. The van der Waals surface area contributed by atoms with Crippen molar-refractivity contribution in [2.45, 2.75) is 96.9 Å². The van der Waals surface area contributed by atoms with Gasteiger partial charge in [-0.25, -0.2) is 9.67 Å². The molecule has 1 aliphatic carbocycles. The second-order valence-electron chi connectivity index (χ2n) is 16.3. The number of benzene rings is 3. The lowest BCUT2D eigenvalue weighted by atomic mass is 9.91. The van der Waals surface area contributed by atoms with E-state index in [9.17, 15) is 9.59 Å². The lowest BCUT2D eigenvalue weighted by Crippen LogP contribution is -2.39. The number of rotatable bonds is 13. The second kappa shape index (κ2) is 17.6. The molecule has 4 heterocycles. The van der Waals surface area contributed by atoms with E-state index in [2.05, 4.69) is 89.3 Å². The number of piperidine rings is 1.